The molecule has 19 heavy (non-hydrogen) atoms. The SMILES string of the molecule is CCCCCCCCCCCCc1cscc1OC. The number of unbranched alkanes of at least 4 members (excludes halogenated alkanes) is 9. The summed E-state index contributed by atoms with van der Waals surface area (Å²) in [7, 11) is 1.77. The summed E-state index contributed by atoms with van der Waals surface area (Å²) in [5, 5.41) is 4.33. The van der Waals surface area contributed by atoms with E-state index in [1.165, 1.54) is 76.2 Å². The number of methoxy groups -OCH3 is 1. The summed E-state index contributed by atoms with van der Waals surface area (Å²) in [6.07, 6.45) is 15.2. The van der Waals surface area contributed by atoms with E-state index in [4.69, 9.17) is 4.74 Å². The van der Waals surface area contributed by atoms with E-state index in [0.29, 0.717) is 0 Å². The molecule has 0 N–H and O–H groups in total. The highest BCUT2D eigenvalue weighted by molar-refractivity contribution is 7.08. The molecule has 0 unspecified atom stereocenters. The molecule has 0 aliphatic carbocycles. The van der Waals surface area contributed by atoms with Gasteiger partial charge in [-0.15, -0.1) is 11.3 Å². The second-order valence-corrected chi connectivity index (χ2v) is 6.14. The van der Waals surface area contributed by atoms with Gasteiger partial charge >= 0.3 is 0 Å². The maximum absolute atomic E-state index is 5.34. The van der Waals surface area contributed by atoms with Gasteiger partial charge in [0.15, 0.2) is 0 Å². The van der Waals surface area contributed by atoms with E-state index in [0.717, 1.165) is 5.75 Å². The predicted molar refractivity (Wildman–Crippen MR) is 86.4 cm³/mol. The lowest BCUT2D eigenvalue weighted by molar-refractivity contribution is 0.411. The van der Waals surface area contributed by atoms with Gasteiger partial charge in [0.25, 0.3) is 0 Å². The Bertz CT molecular complexity index is 306. The van der Waals surface area contributed by atoms with Crippen molar-refractivity contribution in [1.29, 1.82) is 0 Å². The predicted octanol–water partition coefficient (Wildman–Crippen LogP) is 6.22. The van der Waals surface area contributed by atoms with Crippen LogP contribution in [-0.2, 0) is 6.42 Å². The van der Waals surface area contributed by atoms with Crippen LogP contribution in [0.3, 0.4) is 0 Å². The molecule has 2 heteroatoms. The normalized spacial score (nSPS) is 10.8. The topological polar surface area (TPSA) is 9.23 Å². The van der Waals surface area contributed by atoms with Crippen molar-refractivity contribution >= 4 is 11.3 Å². The van der Waals surface area contributed by atoms with E-state index in [1.807, 2.05) is 0 Å². The summed E-state index contributed by atoms with van der Waals surface area (Å²) in [5.41, 5.74) is 1.40. The third-order valence-corrected chi connectivity index (χ3v) is 4.49. The van der Waals surface area contributed by atoms with E-state index in [9.17, 15) is 0 Å². The lowest BCUT2D eigenvalue weighted by Gasteiger charge is -2.03. The van der Waals surface area contributed by atoms with Crippen LogP contribution in [0, 0.1) is 0 Å². The number of hydrogen-bond donors (Lipinski definition) is 0. The molecule has 0 radical (unpaired) electrons. The van der Waals surface area contributed by atoms with Crippen LogP contribution in [0.5, 0.6) is 5.75 Å². The zero-order valence-corrected chi connectivity index (χ0v) is 13.6. The van der Waals surface area contributed by atoms with Crippen molar-refractivity contribution in [2.45, 2.75) is 77.6 Å². The van der Waals surface area contributed by atoms with Gasteiger partial charge in [0.2, 0.25) is 0 Å². The quantitative estimate of drug-likeness (QED) is 0.413. The highest BCUT2D eigenvalue weighted by Crippen LogP contribution is 2.25. The Morgan fingerprint density at radius 2 is 1.42 bits per heavy atom. The average Bonchev–Trinajstić information content (AvgIpc) is 2.88. The summed E-state index contributed by atoms with van der Waals surface area (Å²) in [4.78, 5) is 0. The highest BCUT2D eigenvalue weighted by Gasteiger charge is 2.02. The molecule has 0 atom stereocenters. The Morgan fingerprint density at radius 3 is 2.00 bits per heavy atom. The fraction of sp³-hybridized carbons (Fsp3) is 0.765. The van der Waals surface area contributed by atoms with Gasteiger partial charge in [-0.25, -0.2) is 0 Å². The molecule has 0 amide bonds. The minimum absolute atomic E-state index is 1.08. The Hall–Kier alpha value is -0.500. The first kappa shape index (κ1) is 16.6. The van der Waals surface area contributed by atoms with Gasteiger partial charge in [-0.1, -0.05) is 64.7 Å². The van der Waals surface area contributed by atoms with Crippen molar-refractivity contribution in [3.05, 3.63) is 16.3 Å². The molecule has 0 saturated carbocycles. The molecule has 0 bridgehead atoms. The smallest absolute Gasteiger partial charge is 0.132 e. The number of aryl methyl sites for hydroxylation is 1. The molecule has 1 rings (SSSR count). The number of rotatable bonds is 12. The highest BCUT2D eigenvalue weighted by atomic mass is 32.1. The zero-order valence-electron chi connectivity index (χ0n) is 12.7. The van der Waals surface area contributed by atoms with Crippen molar-refractivity contribution in [1.82, 2.24) is 0 Å². The largest absolute Gasteiger partial charge is 0.496 e. The molecule has 110 valence electrons. The summed E-state index contributed by atoms with van der Waals surface area (Å²) < 4.78 is 5.34. The Labute approximate surface area is 123 Å². The summed E-state index contributed by atoms with van der Waals surface area (Å²) >= 11 is 1.75. The van der Waals surface area contributed by atoms with E-state index in [1.54, 1.807) is 18.4 Å². The Kier molecular flexibility index (Phi) is 9.88. The molecule has 1 nitrogen and oxygen atoms in total. The maximum atomic E-state index is 5.34. The molecule has 0 aromatic carbocycles. The molecule has 0 aliphatic rings. The van der Waals surface area contributed by atoms with E-state index in [2.05, 4.69) is 17.7 Å². The molecule has 0 aliphatic heterocycles. The molecular formula is C17H30OS. The van der Waals surface area contributed by atoms with Gasteiger partial charge in [0.1, 0.15) is 5.75 Å². The molecule has 1 aromatic heterocycles. The maximum Gasteiger partial charge on any atom is 0.132 e. The third-order valence-electron chi connectivity index (χ3n) is 3.72. The van der Waals surface area contributed by atoms with Crippen molar-refractivity contribution in [3.63, 3.8) is 0 Å². The van der Waals surface area contributed by atoms with Gasteiger partial charge in [-0.05, 0) is 18.2 Å². The Balaban J connectivity index is 1.89. The number of thiophene rings is 1. The van der Waals surface area contributed by atoms with Crippen LogP contribution in [0.2, 0.25) is 0 Å². The minimum Gasteiger partial charge on any atom is -0.496 e. The first-order valence-electron chi connectivity index (χ1n) is 7.97. The third kappa shape index (κ3) is 7.61. The van der Waals surface area contributed by atoms with E-state index in [-0.39, 0.29) is 0 Å². The summed E-state index contributed by atoms with van der Waals surface area (Å²) in [6.45, 7) is 2.28. The number of ether oxygens (including phenoxy) is 1. The molecule has 0 saturated heterocycles. The monoisotopic (exact) mass is 282 g/mol. The molecule has 1 aromatic rings. The van der Waals surface area contributed by atoms with Crippen molar-refractivity contribution in [2.24, 2.45) is 0 Å². The second kappa shape index (κ2) is 11.3. The average molecular weight is 282 g/mol. The van der Waals surface area contributed by atoms with Gasteiger partial charge < -0.3 is 4.74 Å². The fourth-order valence-corrected chi connectivity index (χ4v) is 3.31. The number of hydrogen-bond acceptors (Lipinski definition) is 2. The molecule has 1 heterocycles. The first-order chi connectivity index (χ1) is 9.38. The molecular weight excluding hydrogens is 252 g/mol. The van der Waals surface area contributed by atoms with Crippen LogP contribution in [0.15, 0.2) is 10.8 Å². The van der Waals surface area contributed by atoms with Crippen LogP contribution >= 0.6 is 11.3 Å². The summed E-state index contributed by atoms with van der Waals surface area (Å²) in [6, 6.07) is 0. The van der Waals surface area contributed by atoms with Gasteiger partial charge in [0.05, 0.1) is 7.11 Å². The van der Waals surface area contributed by atoms with Crippen LogP contribution in [0.4, 0.5) is 0 Å². The van der Waals surface area contributed by atoms with Gasteiger partial charge in [0, 0.05) is 10.9 Å². The van der Waals surface area contributed by atoms with Gasteiger partial charge in [-0.2, -0.15) is 0 Å². The van der Waals surface area contributed by atoms with E-state index < -0.39 is 0 Å². The van der Waals surface area contributed by atoms with Crippen molar-refractivity contribution < 1.29 is 4.74 Å². The minimum atomic E-state index is 1.08. The van der Waals surface area contributed by atoms with Gasteiger partial charge in [-0.3, -0.25) is 0 Å². The van der Waals surface area contributed by atoms with Crippen LogP contribution in [0.25, 0.3) is 0 Å². The molecule has 0 fully saturated rings. The second-order valence-electron chi connectivity index (χ2n) is 5.40. The van der Waals surface area contributed by atoms with Crippen LogP contribution in [0.1, 0.15) is 76.7 Å². The van der Waals surface area contributed by atoms with Crippen molar-refractivity contribution in [2.75, 3.05) is 7.11 Å². The van der Waals surface area contributed by atoms with E-state index >= 15 is 0 Å². The van der Waals surface area contributed by atoms with Crippen LogP contribution in [-0.4, -0.2) is 7.11 Å². The van der Waals surface area contributed by atoms with Crippen molar-refractivity contribution in [3.8, 4) is 5.75 Å². The first-order valence-corrected chi connectivity index (χ1v) is 8.91. The lowest BCUT2D eigenvalue weighted by Crippen LogP contribution is -1.89. The molecule has 0 spiro atoms. The Morgan fingerprint density at radius 1 is 0.842 bits per heavy atom. The fourth-order valence-electron chi connectivity index (χ4n) is 2.48. The zero-order chi connectivity index (χ0) is 13.8. The van der Waals surface area contributed by atoms with Crippen LogP contribution < -0.4 is 4.74 Å². The standard InChI is InChI=1S/C17H30OS/c1-3-4-5-6-7-8-9-10-11-12-13-16-14-19-15-17(16)18-2/h14-15H,3-13H2,1-2H3. The summed E-state index contributed by atoms with van der Waals surface area (Å²) in [5.74, 6) is 1.08. The lowest BCUT2D eigenvalue weighted by atomic mass is 10.0.